The van der Waals surface area contributed by atoms with Gasteiger partial charge in [-0.15, -0.1) is 17.7 Å². The highest BCUT2D eigenvalue weighted by atomic mass is 32.1. The summed E-state index contributed by atoms with van der Waals surface area (Å²) >= 11 is 4.30. The third kappa shape index (κ3) is 2.65. The number of aromatic nitrogens is 3. The molecule has 4 nitrogen and oxygen atoms in total. The van der Waals surface area contributed by atoms with Crippen LogP contribution in [0.1, 0.15) is 30.1 Å². The lowest BCUT2D eigenvalue weighted by molar-refractivity contribution is -0.144. The minimum Gasteiger partial charge on any atom is -0.357 e. The molecule has 1 fully saturated rings. The second-order valence-corrected chi connectivity index (χ2v) is 5.54. The molecule has 1 heterocycles. The van der Waals surface area contributed by atoms with Crippen LogP contribution in [0.5, 0.6) is 0 Å². The minimum absolute atomic E-state index is 0.123. The average Bonchev–Trinajstić information content (AvgIpc) is 3.18. The number of hydrogen-bond acceptors (Lipinski definition) is 4. The van der Waals surface area contributed by atoms with Gasteiger partial charge in [0.25, 0.3) is 5.82 Å². The molecule has 9 heteroatoms. The van der Waals surface area contributed by atoms with Gasteiger partial charge in [-0.05, 0) is 36.5 Å². The summed E-state index contributed by atoms with van der Waals surface area (Å²) in [5.41, 5.74) is 0.647. The zero-order chi connectivity index (χ0) is 16.1. The van der Waals surface area contributed by atoms with Gasteiger partial charge in [-0.25, -0.2) is 4.39 Å². The SMILES string of the molecule is CNc1nc(C(F)(F)F)nn1-c1cc(S)c(C2CC2)cc1F. The van der Waals surface area contributed by atoms with Crippen LogP contribution in [0.3, 0.4) is 0 Å². The summed E-state index contributed by atoms with van der Waals surface area (Å²) in [6, 6.07) is 2.69. The molecule has 1 N–H and O–H groups in total. The number of benzene rings is 1. The molecule has 0 amide bonds. The fourth-order valence-electron chi connectivity index (χ4n) is 2.21. The molecule has 0 bridgehead atoms. The highest BCUT2D eigenvalue weighted by Crippen LogP contribution is 2.43. The molecule has 0 unspecified atom stereocenters. The molecule has 1 aromatic heterocycles. The van der Waals surface area contributed by atoms with Crippen molar-refractivity contribution in [3.8, 4) is 5.69 Å². The van der Waals surface area contributed by atoms with E-state index >= 15 is 0 Å². The van der Waals surface area contributed by atoms with Crippen LogP contribution < -0.4 is 5.32 Å². The molecule has 1 aromatic carbocycles. The molecular formula is C13H12F4N4S. The lowest BCUT2D eigenvalue weighted by Crippen LogP contribution is -2.09. The third-order valence-corrected chi connectivity index (χ3v) is 3.81. The minimum atomic E-state index is -4.70. The van der Waals surface area contributed by atoms with Crippen LogP contribution in [0.2, 0.25) is 0 Å². The van der Waals surface area contributed by atoms with Crippen LogP contribution in [0.15, 0.2) is 17.0 Å². The summed E-state index contributed by atoms with van der Waals surface area (Å²) in [6.45, 7) is 0. The average molecular weight is 332 g/mol. The lowest BCUT2D eigenvalue weighted by atomic mass is 10.1. The van der Waals surface area contributed by atoms with Gasteiger partial charge >= 0.3 is 6.18 Å². The van der Waals surface area contributed by atoms with Crippen molar-refractivity contribution in [3.05, 3.63) is 29.3 Å². The van der Waals surface area contributed by atoms with Gasteiger partial charge in [-0.1, -0.05) is 0 Å². The fourth-order valence-corrected chi connectivity index (χ4v) is 2.58. The van der Waals surface area contributed by atoms with Crippen LogP contribution in [-0.4, -0.2) is 21.8 Å². The summed E-state index contributed by atoms with van der Waals surface area (Å²) in [4.78, 5) is 3.87. The van der Waals surface area contributed by atoms with Gasteiger partial charge in [0.05, 0.1) is 0 Å². The Morgan fingerprint density at radius 2 is 2.00 bits per heavy atom. The van der Waals surface area contributed by atoms with Crippen molar-refractivity contribution in [2.75, 3.05) is 12.4 Å². The van der Waals surface area contributed by atoms with Crippen molar-refractivity contribution >= 4 is 18.6 Å². The number of alkyl halides is 3. The van der Waals surface area contributed by atoms with Crippen LogP contribution in [-0.2, 0) is 6.18 Å². The standard InChI is InChI=1S/C13H12F4N4S/c1-18-12-19-11(13(15,16)17)20-21(12)9-5-10(22)7(4-8(9)14)6-2-3-6/h4-6,22H,2-3H2,1H3,(H,18,19,20). The first-order chi connectivity index (χ1) is 10.3. The van der Waals surface area contributed by atoms with Crippen molar-refractivity contribution in [2.24, 2.45) is 0 Å². The summed E-state index contributed by atoms with van der Waals surface area (Å²) in [5, 5.41) is 5.84. The lowest BCUT2D eigenvalue weighted by Gasteiger charge is -2.10. The third-order valence-electron chi connectivity index (χ3n) is 3.43. The smallest absolute Gasteiger partial charge is 0.357 e. The molecule has 118 valence electrons. The summed E-state index contributed by atoms with van der Waals surface area (Å²) < 4.78 is 53.2. The van der Waals surface area contributed by atoms with E-state index in [-0.39, 0.29) is 17.6 Å². The van der Waals surface area contributed by atoms with E-state index in [0.717, 1.165) is 23.1 Å². The molecule has 0 aliphatic heterocycles. The van der Waals surface area contributed by atoms with Gasteiger partial charge in [-0.3, -0.25) is 0 Å². The largest absolute Gasteiger partial charge is 0.453 e. The first-order valence-corrected chi connectivity index (χ1v) is 7.00. The molecule has 22 heavy (non-hydrogen) atoms. The van der Waals surface area contributed by atoms with E-state index in [1.165, 1.54) is 19.2 Å². The Hall–Kier alpha value is -1.77. The Kier molecular flexibility index (Phi) is 3.54. The number of thiol groups is 1. The summed E-state index contributed by atoms with van der Waals surface area (Å²) in [6.07, 6.45) is -2.77. The maximum atomic E-state index is 14.3. The molecule has 1 aliphatic carbocycles. The summed E-state index contributed by atoms with van der Waals surface area (Å²) in [7, 11) is 1.39. The molecule has 1 aliphatic rings. The number of hydrogen-bond donors (Lipinski definition) is 2. The Labute approximate surface area is 129 Å². The molecular weight excluding hydrogens is 320 g/mol. The second-order valence-electron chi connectivity index (χ2n) is 5.06. The van der Waals surface area contributed by atoms with Crippen LogP contribution in [0.4, 0.5) is 23.5 Å². The van der Waals surface area contributed by atoms with E-state index in [1.54, 1.807) is 0 Å². The highest BCUT2D eigenvalue weighted by molar-refractivity contribution is 7.80. The molecule has 0 radical (unpaired) electrons. The number of nitrogens with zero attached hydrogens (tertiary/aromatic N) is 3. The second kappa shape index (κ2) is 5.15. The quantitative estimate of drug-likeness (QED) is 0.666. The zero-order valence-electron chi connectivity index (χ0n) is 11.4. The van der Waals surface area contributed by atoms with Crippen molar-refractivity contribution in [1.29, 1.82) is 0 Å². The molecule has 1 saturated carbocycles. The van der Waals surface area contributed by atoms with Crippen molar-refractivity contribution in [1.82, 2.24) is 14.8 Å². The topological polar surface area (TPSA) is 42.7 Å². The summed E-state index contributed by atoms with van der Waals surface area (Å²) in [5.74, 6) is -1.91. The Balaban J connectivity index is 2.11. The van der Waals surface area contributed by atoms with Crippen molar-refractivity contribution in [3.63, 3.8) is 0 Å². The van der Waals surface area contributed by atoms with Crippen LogP contribution in [0, 0.1) is 5.82 Å². The van der Waals surface area contributed by atoms with Crippen molar-refractivity contribution in [2.45, 2.75) is 29.8 Å². The molecule has 3 rings (SSSR count). The molecule has 0 saturated heterocycles. The fraction of sp³-hybridized carbons (Fsp3) is 0.385. The number of anilines is 1. The Morgan fingerprint density at radius 3 is 2.55 bits per heavy atom. The maximum absolute atomic E-state index is 14.3. The van der Waals surface area contributed by atoms with E-state index < -0.39 is 17.8 Å². The number of halogens is 4. The van der Waals surface area contributed by atoms with E-state index in [0.29, 0.717) is 4.90 Å². The van der Waals surface area contributed by atoms with Gasteiger partial charge in [0.15, 0.2) is 0 Å². The van der Waals surface area contributed by atoms with E-state index in [9.17, 15) is 17.6 Å². The first-order valence-electron chi connectivity index (χ1n) is 6.56. The van der Waals surface area contributed by atoms with Crippen LogP contribution in [0.25, 0.3) is 5.69 Å². The van der Waals surface area contributed by atoms with Gasteiger partial charge < -0.3 is 5.32 Å². The number of nitrogens with one attached hydrogen (secondary N) is 1. The molecule has 2 aromatic rings. The van der Waals surface area contributed by atoms with E-state index in [1.807, 2.05) is 0 Å². The zero-order valence-corrected chi connectivity index (χ0v) is 12.3. The normalized spacial score (nSPS) is 15.2. The molecule has 0 atom stereocenters. The Bertz CT molecular complexity index is 722. The Morgan fingerprint density at radius 1 is 1.32 bits per heavy atom. The number of rotatable bonds is 3. The van der Waals surface area contributed by atoms with E-state index in [2.05, 4.69) is 28.0 Å². The van der Waals surface area contributed by atoms with Gasteiger partial charge in [0.2, 0.25) is 5.95 Å². The van der Waals surface area contributed by atoms with Gasteiger partial charge in [-0.2, -0.15) is 22.8 Å². The predicted octanol–water partition coefficient (Wildman–Crippen LogP) is 3.63. The first kappa shape index (κ1) is 15.1. The molecule has 0 spiro atoms. The predicted molar refractivity (Wildman–Crippen MR) is 75.1 cm³/mol. The van der Waals surface area contributed by atoms with Crippen LogP contribution >= 0.6 is 12.6 Å². The van der Waals surface area contributed by atoms with Crippen molar-refractivity contribution < 1.29 is 17.6 Å². The maximum Gasteiger partial charge on any atom is 0.453 e. The van der Waals surface area contributed by atoms with E-state index in [4.69, 9.17) is 0 Å². The monoisotopic (exact) mass is 332 g/mol. The van der Waals surface area contributed by atoms with Gasteiger partial charge in [0, 0.05) is 11.9 Å². The van der Waals surface area contributed by atoms with Gasteiger partial charge in [0.1, 0.15) is 11.5 Å². The highest BCUT2D eigenvalue weighted by Gasteiger charge is 2.37.